The second-order valence-corrected chi connectivity index (χ2v) is 8.40. The van der Waals surface area contributed by atoms with Gasteiger partial charge in [-0.1, -0.05) is 24.3 Å². The summed E-state index contributed by atoms with van der Waals surface area (Å²) in [4.78, 5) is 0.748. The monoisotopic (exact) mass is 564 g/mol. The van der Waals surface area contributed by atoms with Crippen molar-refractivity contribution in [2.24, 2.45) is 0 Å². The van der Waals surface area contributed by atoms with Crippen LogP contribution in [-0.4, -0.2) is 18.2 Å². The maximum absolute atomic E-state index is 12.8. The van der Waals surface area contributed by atoms with Crippen LogP contribution in [0.3, 0.4) is 0 Å². The van der Waals surface area contributed by atoms with Crippen LogP contribution in [0.15, 0.2) is 82.7 Å². The third-order valence-electron chi connectivity index (χ3n) is 4.98. The van der Waals surface area contributed by atoms with Crippen molar-refractivity contribution < 1.29 is 28.5 Å². The molecule has 0 bridgehead atoms. The molecule has 1 radical (unpaired) electrons. The van der Waals surface area contributed by atoms with Gasteiger partial charge in [0, 0.05) is 42.5 Å². The second kappa shape index (κ2) is 6.82. The van der Waals surface area contributed by atoms with Gasteiger partial charge in [0.25, 0.3) is 0 Å². The van der Waals surface area contributed by atoms with Crippen molar-refractivity contribution in [2.45, 2.75) is 16.7 Å². The van der Waals surface area contributed by atoms with Gasteiger partial charge in [-0.2, -0.15) is 29.4 Å². The van der Waals surface area contributed by atoms with E-state index in [1.807, 2.05) is 66.3 Å². The van der Waals surface area contributed by atoms with Gasteiger partial charge >= 0.3 is 0 Å². The average molecular weight is 564 g/mol. The summed E-state index contributed by atoms with van der Waals surface area (Å²) in [6.07, 6.45) is 1.81. The fourth-order valence-corrected chi connectivity index (χ4v) is 5.30. The first-order chi connectivity index (χ1) is 13.1. The largest absolute Gasteiger partial charge is 0.262 e. The fraction of sp³-hybridized carbons (Fsp3) is 0.0455. The van der Waals surface area contributed by atoms with Gasteiger partial charge in [-0.25, -0.2) is 8.42 Å². The minimum atomic E-state index is -3.44. The number of sulfone groups is 1. The van der Waals surface area contributed by atoms with Gasteiger partial charge in [-0.05, 0) is 36.4 Å². The number of rotatable bonds is 2. The molecule has 0 saturated carbocycles. The third kappa shape index (κ3) is 2.68. The Labute approximate surface area is 177 Å². The molecular weight excluding hydrogens is 549 g/mol. The molecule has 0 aliphatic carbocycles. The summed E-state index contributed by atoms with van der Waals surface area (Å²) >= 11 is 0. The number of para-hydroxylation sites is 1. The molecule has 28 heavy (non-hydrogen) atoms. The van der Waals surface area contributed by atoms with Crippen LogP contribution >= 0.6 is 0 Å². The average Bonchev–Trinajstić information content (AvgIpc) is 3.19. The molecule has 0 fully saturated rings. The summed E-state index contributed by atoms with van der Waals surface area (Å²) < 4.78 is 27.4. The number of hydrogen-bond acceptors (Lipinski definition) is 3. The SMILES string of the molecule is Cc1c(-c2ccc3c(c2)-c2ccccc2S3(=O)=O)cnn1-c1[c-]cccc1.[Ir]. The topological polar surface area (TPSA) is 52.0 Å². The van der Waals surface area contributed by atoms with Crippen LogP contribution in [0.4, 0.5) is 0 Å². The van der Waals surface area contributed by atoms with Crippen LogP contribution in [0.1, 0.15) is 5.69 Å². The van der Waals surface area contributed by atoms with Gasteiger partial charge in [0.1, 0.15) is 0 Å². The van der Waals surface area contributed by atoms with Crippen LogP contribution in [0.2, 0.25) is 0 Å². The molecule has 0 amide bonds. The molecule has 1 aliphatic heterocycles. The predicted molar refractivity (Wildman–Crippen MR) is 103 cm³/mol. The predicted octanol–water partition coefficient (Wildman–Crippen LogP) is 4.46. The summed E-state index contributed by atoms with van der Waals surface area (Å²) in [5.41, 5.74) is 5.27. The van der Waals surface area contributed by atoms with E-state index in [2.05, 4.69) is 11.2 Å². The molecular formula is C22H15IrN2O2S-. The molecule has 1 aliphatic rings. The Balaban J connectivity index is 0.00000192. The van der Waals surface area contributed by atoms with Crippen molar-refractivity contribution in [1.82, 2.24) is 9.78 Å². The number of hydrogen-bond donors (Lipinski definition) is 0. The van der Waals surface area contributed by atoms with E-state index in [-0.39, 0.29) is 20.1 Å². The minimum absolute atomic E-state index is 0. The molecule has 3 aromatic carbocycles. The molecule has 2 heterocycles. The van der Waals surface area contributed by atoms with E-state index in [0.717, 1.165) is 33.6 Å². The van der Waals surface area contributed by atoms with Crippen molar-refractivity contribution in [3.63, 3.8) is 0 Å². The second-order valence-electron chi connectivity index (χ2n) is 6.51. The molecule has 0 spiro atoms. The molecule has 4 nitrogen and oxygen atoms in total. The van der Waals surface area contributed by atoms with Crippen LogP contribution in [0.5, 0.6) is 0 Å². The van der Waals surface area contributed by atoms with E-state index in [1.54, 1.807) is 18.2 Å². The third-order valence-corrected chi connectivity index (χ3v) is 6.85. The van der Waals surface area contributed by atoms with Crippen molar-refractivity contribution in [1.29, 1.82) is 0 Å². The van der Waals surface area contributed by atoms with Gasteiger partial charge in [0.05, 0.1) is 16.0 Å². The van der Waals surface area contributed by atoms with Gasteiger partial charge < -0.3 is 0 Å². The van der Waals surface area contributed by atoms with Crippen LogP contribution in [0, 0.1) is 13.0 Å². The minimum Gasteiger partial charge on any atom is -0.262 e. The van der Waals surface area contributed by atoms with E-state index in [9.17, 15) is 8.42 Å². The first-order valence-electron chi connectivity index (χ1n) is 8.58. The van der Waals surface area contributed by atoms with Crippen molar-refractivity contribution in [3.8, 4) is 27.9 Å². The number of fused-ring (bicyclic) bond motifs is 3. The molecule has 5 rings (SSSR count). The first kappa shape index (κ1) is 18.8. The van der Waals surface area contributed by atoms with E-state index in [0.29, 0.717) is 9.79 Å². The van der Waals surface area contributed by atoms with Crippen molar-refractivity contribution in [2.75, 3.05) is 0 Å². The van der Waals surface area contributed by atoms with E-state index in [4.69, 9.17) is 0 Å². The smallest absolute Gasteiger partial charge is 0.207 e. The van der Waals surface area contributed by atoms with E-state index < -0.39 is 9.84 Å². The molecule has 6 heteroatoms. The Hall–Kier alpha value is -2.53. The Morgan fingerprint density at radius 2 is 1.64 bits per heavy atom. The molecule has 0 saturated heterocycles. The molecule has 0 N–H and O–H groups in total. The van der Waals surface area contributed by atoms with E-state index >= 15 is 0 Å². The normalized spacial score (nSPS) is 13.5. The molecule has 0 unspecified atom stereocenters. The Morgan fingerprint density at radius 3 is 2.43 bits per heavy atom. The molecule has 1 aromatic heterocycles. The molecule has 0 atom stereocenters. The zero-order chi connectivity index (χ0) is 18.6. The summed E-state index contributed by atoms with van der Waals surface area (Å²) in [6, 6.07) is 23.5. The molecule has 141 valence electrons. The standard InChI is InChI=1S/C22H15N2O2S.Ir/c1-15-20(14-23-24(15)17-7-3-2-4-8-17)16-11-12-22-19(13-16)18-9-5-6-10-21(18)27(22,25)26;/h2-7,9-14H,1H3;/q-1;. The van der Waals surface area contributed by atoms with Crippen LogP contribution in [0.25, 0.3) is 27.9 Å². The number of nitrogens with zero attached hydrogens (tertiary/aromatic N) is 2. The maximum Gasteiger partial charge on any atom is 0.207 e. The number of benzene rings is 3. The summed E-state index contributed by atoms with van der Waals surface area (Å²) in [7, 11) is -3.44. The van der Waals surface area contributed by atoms with Gasteiger partial charge in [-0.15, -0.1) is 6.07 Å². The quantitative estimate of drug-likeness (QED) is 0.298. The Kier molecular flexibility index (Phi) is 4.58. The summed E-state index contributed by atoms with van der Waals surface area (Å²) in [6.45, 7) is 2.00. The van der Waals surface area contributed by atoms with Crippen molar-refractivity contribution in [3.05, 3.63) is 84.7 Å². The van der Waals surface area contributed by atoms with Crippen molar-refractivity contribution >= 4 is 9.84 Å². The Morgan fingerprint density at radius 1 is 0.893 bits per heavy atom. The van der Waals surface area contributed by atoms with Crippen LogP contribution in [-0.2, 0) is 29.9 Å². The molecule has 4 aromatic rings. The zero-order valence-electron chi connectivity index (χ0n) is 14.9. The first-order valence-corrected chi connectivity index (χ1v) is 10.1. The van der Waals surface area contributed by atoms with Gasteiger partial charge in [0.15, 0.2) is 0 Å². The Bertz CT molecular complexity index is 1300. The summed E-state index contributed by atoms with van der Waals surface area (Å²) in [5, 5.41) is 4.50. The maximum atomic E-state index is 12.8. The summed E-state index contributed by atoms with van der Waals surface area (Å²) in [5.74, 6) is 0. The van der Waals surface area contributed by atoms with Crippen LogP contribution < -0.4 is 0 Å². The fourth-order valence-electron chi connectivity index (χ4n) is 3.64. The zero-order valence-corrected chi connectivity index (χ0v) is 18.1. The van der Waals surface area contributed by atoms with Gasteiger partial charge in [0.2, 0.25) is 9.84 Å². The van der Waals surface area contributed by atoms with E-state index in [1.165, 1.54) is 0 Å². The number of aromatic nitrogens is 2. The van der Waals surface area contributed by atoms with Gasteiger partial charge in [-0.3, -0.25) is 4.68 Å².